The first kappa shape index (κ1) is 13.3. The third-order valence-electron chi connectivity index (χ3n) is 4.45. The van der Waals surface area contributed by atoms with Crippen molar-refractivity contribution < 1.29 is 8.42 Å². The number of nitrogens with zero attached hydrogens (tertiary/aromatic N) is 1. The van der Waals surface area contributed by atoms with Crippen molar-refractivity contribution in [1.82, 2.24) is 4.31 Å². The third-order valence-corrected chi connectivity index (χ3v) is 7.30. The Kier molecular flexibility index (Phi) is 3.80. The Morgan fingerprint density at radius 2 is 1.59 bits per heavy atom. The molecule has 1 saturated carbocycles. The van der Waals surface area contributed by atoms with Gasteiger partial charge < -0.3 is 5.73 Å². The number of rotatable bonds is 3. The van der Waals surface area contributed by atoms with Crippen LogP contribution in [0.3, 0.4) is 0 Å². The molecule has 1 atom stereocenters. The minimum absolute atomic E-state index is 0.267. The Morgan fingerprint density at radius 1 is 1.06 bits per heavy atom. The van der Waals surface area contributed by atoms with E-state index in [9.17, 15) is 8.42 Å². The highest BCUT2D eigenvalue weighted by molar-refractivity contribution is 7.90. The monoisotopic (exact) mass is 260 g/mol. The van der Waals surface area contributed by atoms with Crippen LogP contribution in [0.1, 0.15) is 51.9 Å². The van der Waals surface area contributed by atoms with Crippen molar-refractivity contribution in [3.8, 4) is 0 Å². The molecule has 5 heteroatoms. The van der Waals surface area contributed by atoms with E-state index in [-0.39, 0.29) is 6.04 Å². The lowest BCUT2D eigenvalue weighted by Crippen LogP contribution is -2.56. The molecular formula is C12H24N2O2S. The van der Waals surface area contributed by atoms with Gasteiger partial charge in [0.25, 0.3) is 0 Å². The predicted octanol–water partition coefficient (Wildman–Crippen LogP) is 1.46. The van der Waals surface area contributed by atoms with Gasteiger partial charge in [-0.15, -0.1) is 0 Å². The van der Waals surface area contributed by atoms with E-state index in [1.54, 1.807) is 4.31 Å². The zero-order valence-corrected chi connectivity index (χ0v) is 11.5. The van der Waals surface area contributed by atoms with Crippen LogP contribution in [0.5, 0.6) is 0 Å². The molecule has 0 bridgehead atoms. The van der Waals surface area contributed by atoms with Gasteiger partial charge in [-0.3, -0.25) is 0 Å². The van der Waals surface area contributed by atoms with Gasteiger partial charge in [-0.2, -0.15) is 0 Å². The highest BCUT2D eigenvalue weighted by Crippen LogP contribution is 2.41. The minimum Gasteiger partial charge on any atom is -0.326 e. The van der Waals surface area contributed by atoms with E-state index in [4.69, 9.17) is 5.73 Å². The van der Waals surface area contributed by atoms with E-state index in [1.807, 2.05) is 6.92 Å². The first-order chi connectivity index (χ1) is 8.01. The molecule has 1 aliphatic heterocycles. The zero-order valence-electron chi connectivity index (χ0n) is 10.7. The SMILES string of the molecule is CC(N)C1(S(=O)(=O)N2CCCCC2)CCCC1. The van der Waals surface area contributed by atoms with Gasteiger partial charge in [0.15, 0.2) is 0 Å². The summed E-state index contributed by atoms with van der Waals surface area (Å²) in [5.74, 6) is 0. The molecule has 17 heavy (non-hydrogen) atoms. The largest absolute Gasteiger partial charge is 0.326 e. The zero-order chi connectivity index (χ0) is 12.5. The maximum Gasteiger partial charge on any atom is 0.221 e. The second-order valence-corrected chi connectivity index (χ2v) is 7.80. The predicted molar refractivity (Wildman–Crippen MR) is 69.2 cm³/mol. The molecule has 100 valence electrons. The first-order valence-electron chi connectivity index (χ1n) is 6.76. The van der Waals surface area contributed by atoms with E-state index >= 15 is 0 Å². The highest BCUT2D eigenvalue weighted by Gasteiger charge is 2.51. The molecule has 0 aromatic carbocycles. The van der Waals surface area contributed by atoms with Crippen molar-refractivity contribution in [2.75, 3.05) is 13.1 Å². The number of nitrogens with two attached hydrogens (primary N) is 1. The van der Waals surface area contributed by atoms with Crippen molar-refractivity contribution in [3.63, 3.8) is 0 Å². The van der Waals surface area contributed by atoms with Crippen LogP contribution >= 0.6 is 0 Å². The lowest BCUT2D eigenvalue weighted by molar-refractivity contribution is 0.321. The number of sulfonamides is 1. The second-order valence-electron chi connectivity index (χ2n) is 5.53. The lowest BCUT2D eigenvalue weighted by Gasteiger charge is -2.39. The molecule has 2 rings (SSSR count). The molecule has 0 amide bonds. The van der Waals surface area contributed by atoms with Crippen LogP contribution in [0.4, 0.5) is 0 Å². The summed E-state index contributed by atoms with van der Waals surface area (Å²) in [5, 5.41) is 0. The van der Waals surface area contributed by atoms with E-state index in [0.717, 1.165) is 44.9 Å². The molecule has 4 nitrogen and oxygen atoms in total. The van der Waals surface area contributed by atoms with Crippen LogP contribution < -0.4 is 5.73 Å². The van der Waals surface area contributed by atoms with Gasteiger partial charge in [0, 0.05) is 19.1 Å². The quantitative estimate of drug-likeness (QED) is 0.835. The summed E-state index contributed by atoms with van der Waals surface area (Å²) in [6, 6.07) is -0.267. The molecule has 2 aliphatic rings. The van der Waals surface area contributed by atoms with E-state index in [2.05, 4.69) is 0 Å². The van der Waals surface area contributed by atoms with Crippen LogP contribution in [0.2, 0.25) is 0 Å². The van der Waals surface area contributed by atoms with E-state index < -0.39 is 14.8 Å². The summed E-state index contributed by atoms with van der Waals surface area (Å²) in [6.45, 7) is 3.24. The standard InChI is InChI=1S/C12H24N2O2S/c1-11(13)12(7-3-4-8-12)17(15,16)14-9-5-2-6-10-14/h11H,2-10,13H2,1H3. The van der Waals surface area contributed by atoms with Crippen molar-refractivity contribution in [2.24, 2.45) is 5.73 Å². The fraction of sp³-hybridized carbons (Fsp3) is 1.00. The molecule has 0 radical (unpaired) electrons. The topological polar surface area (TPSA) is 63.4 Å². The van der Waals surface area contributed by atoms with Crippen LogP contribution in [-0.4, -0.2) is 36.6 Å². The molecule has 2 fully saturated rings. The van der Waals surface area contributed by atoms with Crippen LogP contribution in [0.25, 0.3) is 0 Å². The normalized spacial score (nSPS) is 28.1. The fourth-order valence-corrected chi connectivity index (χ4v) is 5.81. The van der Waals surface area contributed by atoms with Gasteiger partial charge in [0.1, 0.15) is 4.75 Å². The highest BCUT2D eigenvalue weighted by atomic mass is 32.2. The van der Waals surface area contributed by atoms with Gasteiger partial charge >= 0.3 is 0 Å². The van der Waals surface area contributed by atoms with Gasteiger partial charge in [0.05, 0.1) is 0 Å². The molecule has 0 aromatic rings. The Bertz CT molecular complexity index is 353. The van der Waals surface area contributed by atoms with Gasteiger partial charge in [-0.05, 0) is 32.6 Å². The molecular weight excluding hydrogens is 236 g/mol. The molecule has 1 saturated heterocycles. The van der Waals surface area contributed by atoms with Crippen LogP contribution in [0.15, 0.2) is 0 Å². The van der Waals surface area contributed by atoms with E-state index in [1.165, 1.54) is 0 Å². The summed E-state index contributed by atoms with van der Waals surface area (Å²) in [4.78, 5) is 0. The maximum absolute atomic E-state index is 12.8. The molecule has 0 aromatic heterocycles. The minimum atomic E-state index is -3.21. The van der Waals surface area contributed by atoms with E-state index in [0.29, 0.717) is 13.1 Å². The fourth-order valence-electron chi connectivity index (χ4n) is 3.28. The van der Waals surface area contributed by atoms with Crippen molar-refractivity contribution in [3.05, 3.63) is 0 Å². The average molecular weight is 260 g/mol. The molecule has 1 aliphatic carbocycles. The number of piperidine rings is 1. The van der Waals surface area contributed by atoms with Gasteiger partial charge in [-0.25, -0.2) is 12.7 Å². The summed E-state index contributed by atoms with van der Waals surface area (Å²) >= 11 is 0. The molecule has 1 heterocycles. The average Bonchev–Trinajstić information content (AvgIpc) is 2.81. The summed E-state index contributed by atoms with van der Waals surface area (Å²) < 4.78 is 26.6. The smallest absolute Gasteiger partial charge is 0.221 e. The third kappa shape index (κ3) is 2.13. The number of hydrogen-bond donors (Lipinski definition) is 1. The Hall–Kier alpha value is -0.130. The van der Waals surface area contributed by atoms with Gasteiger partial charge in [-0.1, -0.05) is 19.3 Å². The summed E-state index contributed by atoms with van der Waals surface area (Å²) in [7, 11) is -3.21. The van der Waals surface area contributed by atoms with Crippen LogP contribution in [-0.2, 0) is 10.0 Å². The van der Waals surface area contributed by atoms with Crippen molar-refractivity contribution in [1.29, 1.82) is 0 Å². The van der Waals surface area contributed by atoms with Crippen LogP contribution in [0, 0.1) is 0 Å². The lowest BCUT2D eigenvalue weighted by atomic mass is 9.99. The second kappa shape index (κ2) is 4.86. The van der Waals surface area contributed by atoms with Gasteiger partial charge in [0.2, 0.25) is 10.0 Å². The number of hydrogen-bond acceptors (Lipinski definition) is 3. The molecule has 1 unspecified atom stereocenters. The first-order valence-corrected chi connectivity index (χ1v) is 8.20. The molecule has 0 spiro atoms. The summed E-state index contributed by atoms with van der Waals surface area (Å²) in [6.07, 6.45) is 6.61. The Balaban J connectivity index is 2.28. The molecule has 2 N–H and O–H groups in total. The maximum atomic E-state index is 12.8. The van der Waals surface area contributed by atoms with Crippen molar-refractivity contribution in [2.45, 2.75) is 62.7 Å². The summed E-state index contributed by atoms with van der Waals surface area (Å²) in [5.41, 5.74) is 6.02. The Morgan fingerprint density at radius 3 is 2.06 bits per heavy atom. The van der Waals surface area contributed by atoms with Crippen molar-refractivity contribution >= 4 is 10.0 Å². The Labute approximate surface area is 105 Å².